The Hall–Kier alpha value is -2.54. The van der Waals surface area contributed by atoms with E-state index in [-0.39, 0.29) is 0 Å². The van der Waals surface area contributed by atoms with Crippen LogP contribution < -0.4 is 10.2 Å². The van der Waals surface area contributed by atoms with Crippen molar-refractivity contribution in [2.45, 2.75) is 39.3 Å². The number of hydrogen-bond acceptors (Lipinski definition) is 4. The highest BCUT2D eigenvalue weighted by atomic mass is 35.5. The Morgan fingerprint density at radius 3 is 2.60 bits per heavy atom. The molecule has 1 aromatic heterocycles. The normalized spacial score (nSPS) is 16.4. The van der Waals surface area contributed by atoms with Crippen LogP contribution in [0.4, 0.5) is 24.8 Å². The SMILES string of the molecule is C=CNc1ccc(/C(CC)=C2/CCCN(c3ncc(C(F)(F)F)cn3)C2)c(Cl)c1C. The molecule has 1 aliphatic heterocycles. The molecule has 2 aromatic rings. The van der Waals surface area contributed by atoms with Crippen LogP contribution in [0.5, 0.6) is 0 Å². The van der Waals surface area contributed by atoms with E-state index < -0.39 is 11.7 Å². The molecule has 0 saturated carbocycles. The second-order valence-corrected chi connectivity index (χ2v) is 7.56. The van der Waals surface area contributed by atoms with E-state index in [4.69, 9.17) is 11.6 Å². The minimum atomic E-state index is -4.44. The lowest BCUT2D eigenvalue weighted by molar-refractivity contribution is -0.138. The molecule has 0 amide bonds. The Morgan fingerprint density at radius 1 is 1.30 bits per heavy atom. The van der Waals surface area contributed by atoms with Crippen LogP contribution in [-0.2, 0) is 6.18 Å². The van der Waals surface area contributed by atoms with Crippen LogP contribution in [-0.4, -0.2) is 23.1 Å². The molecular weight excluding hydrogens is 413 g/mol. The van der Waals surface area contributed by atoms with E-state index in [0.29, 0.717) is 24.1 Å². The van der Waals surface area contributed by atoms with E-state index in [0.717, 1.165) is 54.0 Å². The van der Waals surface area contributed by atoms with Crippen LogP contribution in [0, 0.1) is 6.92 Å². The summed E-state index contributed by atoms with van der Waals surface area (Å²) in [6.07, 6.45) is 1.42. The van der Waals surface area contributed by atoms with Gasteiger partial charge < -0.3 is 10.2 Å². The zero-order chi connectivity index (χ0) is 21.9. The summed E-state index contributed by atoms with van der Waals surface area (Å²) in [6.45, 7) is 8.99. The summed E-state index contributed by atoms with van der Waals surface area (Å²) < 4.78 is 38.4. The molecule has 1 fully saturated rings. The number of alkyl halides is 3. The number of benzene rings is 1. The number of allylic oxidation sites excluding steroid dienone is 1. The van der Waals surface area contributed by atoms with E-state index in [1.807, 2.05) is 24.0 Å². The molecule has 0 radical (unpaired) electrons. The van der Waals surface area contributed by atoms with Crippen LogP contribution in [0.2, 0.25) is 5.02 Å². The van der Waals surface area contributed by atoms with Crippen molar-refractivity contribution in [1.82, 2.24) is 9.97 Å². The molecule has 0 bridgehead atoms. The average molecular weight is 437 g/mol. The highest BCUT2D eigenvalue weighted by Crippen LogP contribution is 2.37. The third kappa shape index (κ3) is 4.61. The molecular formula is C22H24ClF3N4. The van der Waals surface area contributed by atoms with Gasteiger partial charge in [-0.25, -0.2) is 9.97 Å². The summed E-state index contributed by atoms with van der Waals surface area (Å²) in [5, 5.41) is 3.77. The maximum absolute atomic E-state index is 12.8. The molecule has 3 rings (SSSR count). The molecule has 1 aliphatic rings. The first-order chi connectivity index (χ1) is 14.3. The Bertz CT molecular complexity index is 952. The zero-order valence-corrected chi connectivity index (χ0v) is 17.7. The molecule has 0 atom stereocenters. The quantitative estimate of drug-likeness (QED) is 0.582. The highest BCUT2D eigenvalue weighted by molar-refractivity contribution is 6.33. The summed E-state index contributed by atoms with van der Waals surface area (Å²) in [6, 6.07) is 3.98. The molecule has 30 heavy (non-hydrogen) atoms. The molecule has 0 spiro atoms. The van der Waals surface area contributed by atoms with Gasteiger partial charge in [-0.1, -0.05) is 31.2 Å². The maximum atomic E-state index is 12.8. The van der Waals surface area contributed by atoms with Gasteiger partial charge in [-0.2, -0.15) is 13.2 Å². The zero-order valence-electron chi connectivity index (χ0n) is 17.0. The monoisotopic (exact) mass is 436 g/mol. The van der Waals surface area contributed by atoms with Gasteiger partial charge in [0.2, 0.25) is 5.95 Å². The second-order valence-electron chi connectivity index (χ2n) is 7.18. The predicted molar refractivity (Wildman–Crippen MR) is 116 cm³/mol. The third-order valence-electron chi connectivity index (χ3n) is 5.29. The van der Waals surface area contributed by atoms with E-state index in [9.17, 15) is 13.2 Å². The van der Waals surface area contributed by atoms with Gasteiger partial charge in [0, 0.05) is 31.2 Å². The fraction of sp³-hybridized carbons (Fsp3) is 0.364. The van der Waals surface area contributed by atoms with Crippen LogP contribution in [0.15, 0.2) is 42.9 Å². The largest absolute Gasteiger partial charge is 0.419 e. The van der Waals surface area contributed by atoms with Gasteiger partial charge in [-0.3, -0.25) is 0 Å². The molecule has 2 heterocycles. The van der Waals surface area contributed by atoms with Gasteiger partial charge in [0.05, 0.1) is 10.6 Å². The first-order valence-corrected chi connectivity index (χ1v) is 10.2. The van der Waals surface area contributed by atoms with Gasteiger partial charge in [-0.05, 0) is 60.7 Å². The number of rotatable bonds is 5. The Kier molecular flexibility index (Phi) is 6.71. The molecule has 0 aliphatic carbocycles. The van der Waals surface area contributed by atoms with Gasteiger partial charge in [0.25, 0.3) is 0 Å². The lowest BCUT2D eigenvalue weighted by Crippen LogP contribution is -2.33. The minimum Gasteiger partial charge on any atom is -0.362 e. The summed E-state index contributed by atoms with van der Waals surface area (Å²) in [4.78, 5) is 9.83. The summed E-state index contributed by atoms with van der Waals surface area (Å²) in [5.41, 5.74) is 4.35. The smallest absolute Gasteiger partial charge is 0.362 e. The molecule has 4 nitrogen and oxygen atoms in total. The summed E-state index contributed by atoms with van der Waals surface area (Å²) >= 11 is 6.69. The third-order valence-corrected chi connectivity index (χ3v) is 5.77. The van der Waals surface area contributed by atoms with Crippen molar-refractivity contribution in [1.29, 1.82) is 0 Å². The number of halogens is 4. The fourth-order valence-corrected chi connectivity index (χ4v) is 4.01. The van der Waals surface area contributed by atoms with Gasteiger partial charge >= 0.3 is 6.18 Å². The predicted octanol–water partition coefficient (Wildman–Crippen LogP) is 6.48. The van der Waals surface area contributed by atoms with Crippen LogP contribution in [0.3, 0.4) is 0 Å². The molecule has 8 heteroatoms. The molecule has 1 saturated heterocycles. The number of hydrogen-bond donors (Lipinski definition) is 1. The first-order valence-electron chi connectivity index (χ1n) is 9.78. The first kappa shape index (κ1) is 22.2. The van der Waals surface area contributed by atoms with Crippen molar-refractivity contribution in [2.75, 3.05) is 23.3 Å². The maximum Gasteiger partial charge on any atom is 0.419 e. The second kappa shape index (κ2) is 9.08. The Balaban J connectivity index is 1.91. The Morgan fingerprint density at radius 2 is 2.00 bits per heavy atom. The summed E-state index contributed by atoms with van der Waals surface area (Å²) in [7, 11) is 0. The molecule has 0 unspecified atom stereocenters. The van der Waals surface area contributed by atoms with Crippen LogP contribution in [0.25, 0.3) is 5.57 Å². The summed E-state index contributed by atoms with van der Waals surface area (Å²) in [5.74, 6) is 0.309. The van der Waals surface area contributed by atoms with Crippen LogP contribution >= 0.6 is 11.6 Å². The number of piperidine rings is 1. The van der Waals surface area contributed by atoms with Crippen LogP contribution in [0.1, 0.15) is 42.9 Å². The van der Waals surface area contributed by atoms with Gasteiger partial charge in [0.15, 0.2) is 0 Å². The number of nitrogens with zero attached hydrogens (tertiary/aromatic N) is 3. The van der Waals surface area contributed by atoms with E-state index in [2.05, 4.69) is 28.8 Å². The standard InChI is InChI=1S/C22H24ClF3N4/c1-4-17(18-8-9-19(27-5-2)14(3)20(18)23)15-7-6-10-30(13-15)21-28-11-16(12-29-21)22(24,25)26/h5,8-9,11-12,27H,2,4,6-7,10,13H2,1,3H3/b17-15-. The van der Waals surface area contributed by atoms with E-state index in [1.54, 1.807) is 6.20 Å². The number of nitrogens with one attached hydrogen (secondary N) is 1. The van der Waals surface area contributed by atoms with Crippen molar-refractivity contribution in [2.24, 2.45) is 0 Å². The lowest BCUT2D eigenvalue weighted by Gasteiger charge is -2.31. The van der Waals surface area contributed by atoms with E-state index >= 15 is 0 Å². The van der Waals surface area contributed by atoms with E-state index in [1.165, 1.54) is 5.57 Å². The number of anilines is 2. The molecule has 1 aromatic carbocycles. The highest BCUT2D eigenvalue weighted by Gasteiger charge is 2.32. The topological polar surface area (TPSA) is 41.0 Å². The van der Waals surface area contributed by atoms with Crippen molar-refractivity contribution < 1.29 is 13.2 Å². The van der Waals surface area contributed by atoms with Gasteiger partial charge in [0.1, 0.15) is 0 Å². The fourth-order valence-electron chi connectivity index (χ4n) is 3.74. The Labute approximate surface area is 179 Å². The van der Waals surface area contributed by atoms with Crippen molar-refractivity contribution in [3.8, 4) is 0 Å². The van der Waals surface area contributed by atoms with Crippen molar-refractivity contribution in [3.63, 3.8) is 0 Å². The van der Waals surface area contributed by atoms with Crippen molar-refractivity contribution in [3.05, 3.63) is 64.6 Å². The average Bonchev–Trinajstić information content (AvgIpc) is 2.73. The molecule has 160 valence electrons. The minimum absolute atomic E-state index is 0.309. The molecule has 1 N–H and O–H groups in total. The lowest BCUT2D eigenvalue weighted by atomic mass is 9.91. The van der Waals surface area contributed by atoms with Gasteiger partial charge in [-0.15, -0.1) is 0 Å². The number of aromatic nitrogens is 2. The van der Waals surface area contributed by atoms with Crippen molar-refractivity contribution >= 4 is 28.8 Å².